The largest absolute Gasteiger partial charge is 0.392 e. The molecule has 1 nitrogen and oxygen atoms in total. The van der Waals surface area contributed by atoms with Gasteiger partial charge < -0.3 is 4.74 Å². The highest BCUT2D eigenvalue weighted by molar-refractivity contribution is 6.10. The van der Waals surface area contributed by atoms with Crippen molar-refractivity contribution in [3.8, 4) is 0 Å². The first-order valence-corrected chi connectivity index (χ1v) is 1.55. The van der Waals surface area contributed by atoms with Crippen LogP contribution in [0.3, 0.4) is 0 Å². The van der Waals surface area contributed by atoms with Gasteiger partial charge in [0, 0.05) is 13.1 Å². The van der Waals surface area contributed by atoms with Crippen LogP contribution in [0.1, 0.15) is 6.92 Å². The molecule has 0 aliphatic rings. The van der Waals surface area contributed by atoms with Crippen molar-refractivity contribution in [2.24, 2.45) is 0 Å². The molecule has 0 spiro atoms. The summed E-state index contributed by atoms with van der Waals surface area (Å²) >= 11 is 0. The molecule has 2 radical (unpaired) electrons. The van der Waals surface area contributed by atoms with Crippen molar-refractivity contribution in [3.63, 3.8) is 0 Å². The highest BCUT2D eigenvalue weighted by Gasteiger charge is 1.78. The molecule has 0 aromatic carbocycles. The summed E-state index contributed by atoms with van der Waals surface area (Å²) in [6, 6.07) is -0.116. The van der Waals surface area contributed by atoms with Crippen LogP contribution in [0.25, 0.3) is 0 Å². The molecule has 0 aromatic heterocycles. The second kappa shape index (κ2) is 2.27. The molecule has 5 heavy (non-hydrogen) atoms. The van der Waals surface area contributed by atoms with E-state index in [4.69, 9.17) is 7.85 Å². The third kappa shape index (κ3) is 4.02. The Morgan fingerprint density at radius 2 is 2.00 bits per heavy atom. The van der Waals surface area contributed by atoms with Crippen molar-refractivity contribution in [2.45, 2.75) is 12.9 Å². The van der Waals surface area contributed by atoms with Gasteiger partial charge in [-0.15, -0.1) is 0 Å². The average molecular weight is 69.9 g/mol. The molecule has 0 aromatic rings. The van der Waals surface area contributed by atoms with Gasteiger partial charge in [-0.05, 0) is 6.92 Å². The molecule has 0 amide bonds. The summed E-state index contributed by atoms with van der Waals surface area (Å²) in [7, 11) is 6.64. The lowest BCUT2D eigenvalue weighted by molar-refractivity contribution is 0.181. The molecule has 0 aliphatic carbocycles. The molecule has 0 rings (SSSR count). The van der Waals surface area contributed by atoms with E-state index in [-0.39, 0.29) is 6.00 Å². The number of ether oxygens (including phenoxy) is 1. The molecule has 0 bridgehead atoms. The van der Waals surface area contributed by atoms with E-state index >= 15 is 0 Å². The SMILES string of the molecule is [B]C(C)OC. The van der Waals surface area contributed by atoms with E-state index in [1.54, 1.807) is 14.0 Å². The molecule has 0 saturated carbocycles. The Hall–Kier alpha value is 0.0249. The van der Waals surface area contributed by atoms with E-state index < -0.39 is 0 Å². The molecular formula is C3H7BO. The fourth-order valence-corrected chi connectivity index (χ4v) is 0. The molecule has 0 aliphatic heterocycles. The van der Waals surface area contributed by atoms with E-state index in [2.05, 4.69) is 4.74 Å². The summed E-state index contributed by atoms with van der Waals surface area (Å²) in [5, 5.41) is 0. The highest BCUT2D eigenvalue weighted by Crippen LogP contribution is 1.71. The molecular weight excluding hydrogens is 62.8 g/mol. The lowest BCUT2D eigenvalue weighted by Crippen LogP contribution is -2.01. The van der Waals surface area contributed by atoms with Crippen molar-refractivity contribution in [1.29, 1.82) is 0 Å². The molecule has 2 heteroatoms. The summed E-state index contributed by atoms with van der Waals surface area (Å²) in [4.78, 5) is 0. The van der Waals surface area contributed by atoms with Crippen LogP contribution < -0.4 is 0 Å². The van der Waals surface area contributed by atoms with Crippen LogP contribution in [0.5, 0.6) is 0 Å². The Labute approximate surface area is 33.7 Å². The van der Waals surface area contributed by atoms with Crippen molar-refractivity contribution >= 4 is 7.85 Å². The Kier molecular flexibility index (Phi) is 2.28. The van der Waals surface area contributed by atoms with Crippen LogP contribution in [-0.2, 0) is 4.74 Å². The first-order chi connectivity index (χ1) is 2.27. The van der Waals surface area contributed by atoms with E-state index in [0.29, 0.717) is 0 Å². The van der Waals surface area contributed by atoms with Gasteiger partial charge in [0.15, 0.2) is 0 Å². The van der Waals surface area contributed by atoms with Gasteiger partial charge in [-0.3, -0.25) is 0 Å². The van der Waals surface area contributed by atoms with Gasteiger partial charge >= 0.3 is 0 Å². The average Bonchev–Trinajstić information content (AvgIpc) is 1.38. The van der Waals surface area contributed by atoms with E-state index in [0.717, 1.165) is 0 Å². The minimum absolute atomic E-state index is 0.116. The maximum atomic E-state index is 5.07. The predicted octanol–water partition coefficient (Wildman–Crippen LogP) is 0.147. The van der Waals surface area contributed by atoms with Crippen molar-refractivity contribution < 1.29 is 4.74 Å². The summed E-state index contributed by atoms with van der Waals surface area (Å²) in [6.45, 7) is 1.78. The maximum absolute atomic E-state index is 5.07. The van der Waals surface area contributed by atoms with Crippen molar-refractivity contribution in [3.05, 3.63) is 0 Å². The fraction of sp³-hybridized carbons (Fsp3) is 1.00. The first-order valence-electron chi connectivity index (χ1n) is 1.55. The van der Waals surface area contributed by atoms with E-state index in [1.807, 2.05) is 0 Å². The summed E-state index contributed by atoms with van der Waals surface area (Å²) in [5.74, 6) is 0. The Balaban J connectivity index is 2.54. The topological polar surface area (TPSA) is 9.23 Å². The number of methoxy groups -OCH3 is 1. The second-order valence-corrected chi connectivity index (χ2v) is 0.941. The zero-order valence-corrected chi connectivity index (χ0v) is 3.56. The molecule has 0 N–H and O–H groups in total. The zero-order valence-electron chi connectivity index (χ0n) is 3.56. The first kappa shape index (κ1) is 5.02. The van der Waals surface area contributed by atoms with Gasteiger partial charge in [0.1, 0.15) is 7.85 Å². The Bertz CT molecular complexity index is 20.9. The fourth-order valence-electron chi connectivity index (χ4n) is 0. The Morgan fingerprint density at radius 1 is 1.80 bits per heavy atom. The minimum atomic E-state index is -0.116. The van der Waals surface area contributed by atoms with Crippen molar-refractivity contribution in [2.75, 3.05) is 7.11 Å². The normalized spacial score (nSPS) is 14.8. The minimum Gasteiger partial charge on any atom is -0.392 e. The highest BCUT2D eigenvalue weighted by atomic mass is 16.5. The van der Waals surface area contributed by atoms with Gasteiger partial charge in [-0.1, -0.05) is 0 Å². The van der Waals surface area contributed by atoms with Crippen LogP contribution in [0.15, 0.2) is 0 Å². The zero-order chi connectivity index (χ0) is 4.28. The standard InChI is InChI=1S/C3H7BO/c1-3(4)5-2/h3H,1-2H3. The lowest BCUT2D eigenvalue weighted by atomic mass is 10.0. The van der Waals surface area contributed by atoms with Crippen molar-refractivity contribution in [1.82, 2.24) is 0 Å². The van der Waals surface area contributed by atoms with Gasteiger partial charge in [-0.25, -0.2) is 0 Å². The maximum Gasteiger partial charge on any atom is 0.108 e. The lowest BCUT2D eigenvalue weighted by Gasteiger charge is -1.95. The van der Waals surface area contributed by atoms with Crippen LogP contribution in [0, 0.1) is 0 Å². The predicted molar refractivity (Wildman–Crippen MR) is 22.2 cm³/mol. The van der Waals surface area contributed by atoms with Gasteiger partial charge in [0.2, 0.25) is 0 Å². The third-order valence-corrected chi connectivity index (χ3v) is 0.372. The molecule has 28 valence electrons. The molecule has 0 fully saturated rings. The summed E-state index contributed by atoms with van der Waals surface area (Å²) in [6.07, 6.45) is 0. The van der Waals surface area contributed by atoms with E-state index in [1.165, 1.54) is 0 Å². The smallest absolute Gasteiger partial charge is 0.108 e. The summed E-state index contributed by atoms with van der Waals surface area (Å²) < 4.78 is 4.53. The molecule has 0 saturated heterocycles. The quantitative estimate of drug-likeness (QED) is 0.399. The van der Waals surface area contributed by atoms with Crippen LogP contribution in [0.2, 0.25) is 0 Å². The Morgan fingerprint density at radius 3 is 2.00 bits per heavy atom. The molecule has 1 atom stereocenters. The van der Waals surface area contributed by atoms with Crippen LogP contribution >= 0.6 is 0 Å². The number of hydrogen-bond acceptors (Lipinski definition) is 1. The molecule has 0 heterocycles. The van der Waals surface area contributed by atoms with Crippen LogP contribution in [-0.4, -0.2) is 21.0 Å². The third-order valence-electron chi connectivity index (χ3n) is 0.372. The second-order valence-electron chi connectivity index (χ2n) is 0.941. The monoisotopic (exact) mass is 70.1 g/mol. The molecule has 1 unspecified atom stereocenters. The van der Waals surface area contributed by atoms with Gasteiger partial charge in [-0.2, -0.15) is 0 Å². The number of hydrogen-bond donors (Lipinski definition) is 0. The van der Waals surface area contributed by atoms with Gasteiger partial charge in [0.25, 0.3) is 0 Å². The van der Waals surface area contributed by atoms with Crippen LogP contribution in [0.4, 0.5) is 0 Å². The van der Waals surface area contributed by atoms with Gasteiger partial charge in [0.05, 0.1) is 0 Å². The summed E-state index contributed by atoms with van der Waals surface area (Å²) in [5.41, 5.74) is 0. The number of rotatable bonds is 1. The van der Waals surface area contributed by atoms with E-state index in [9.17, 15) is 0 Å².